The molecule has 0 aromatic heterocycles. The number of carbonyl (C=O) groups is 4. The van der Waals surface area contributed by atoms with Crippen LogP contribution in [-0.4, -0.2) is 36.7 Å². The van der Waals surface area contributed by atoms with Crippen LogP contribution in [0.1, 0.15) is 85.5 Å². The third-order valence-electron chi connectivity index (χ3n) is 10.1. The Morgan fingerprint density at radius 3 is 2.18 bits per heavy atom. The number of carbonyl (C=O) groups excluding carboxylic acids is 4. The number of Topliss-reactive ketones (excluding diaryl/α,β-unsaturated/α-hetero) is 2. The van der Waals surface area contributed by atoms with Crippen LogP contribution in [0, 0.1) is 46.3 Å². The average molecular weight is 461 g/mol. The van der Waals surface area contributed by atoms with E-state index >= 15 is 0 Å². The molecular weight excluding hydrogens is 420 g/mol. The van der Waals surface area contributed by atoms with Gasteiger partial charge in [-0.2, -0.15) is 0 Å². The standard InChI is InChI=1S/C27H40O6/c1-5-32-24(30)18-9-10-20-17-8-7-16-15-19(25(31)33-6-2)22(28)12-14-26(16,3)21(17)11-13-27(20,4)23(18)29/h16-21H,5-15H2,1-4H3/t16?,17-,18?,19?,20?,21?,26-,27-/m0/s1. The summed E-state index contributed by atoms with van der Waals surface area (Å²) in [7, 11) is 0. The highest BCUT2D eigenvalue weighted by Crippen LogP contribution is 2.65. The number of esters is 2. The van der Waals surface area contributed by atoms with Gasteiger partial charge < -0.3 is 9.47 Å². The first kappa shape index (κ1) is 24.4. The lowest BCUT2D eigenvalue weighted by atomic mass is 9.43. The third-order valence-corrected chi connectivity index (χ3v) is 10.1. The van der Waals surface area contributed by atoms with E-state index in [0.717, 1.165) is 38.5 Å². The molecule has 4 fully saturated rings. The van der Waals surface area contributed by atoms with Gasteiger partial charge in [0.15, 0.2) is 5.78 Å². The lowest BCUT2D eigenvalue weighted by Crippen LogP contribution is -2.57. The van der Waals surface area contributed by atoms with E-state index in [9.17, 15) is 19.2 Å². The van der Waals surface area contributed by atoms with Crippen LogP contribution in [0.4, 0.5) is 0 Å². The van der Waals surface area contributed by atoms with E-state index in [1.807, 2.05) is 0 Å². The quantitative estimate of drug-likeness (QED) is 0.453. The number of rotatable bonds is 4. The summed E-state index contributed by atoms with van der Waals surface area (Å²) in [4.78, 5) is 51.3. The highest BCUT2D eigenvalue weighted by Gasteiger charge is 2.61. The fourth-order valence-corrected chi connectivity index (χ4v) is 8.27. The highest BCUT2D eigenvalue weighted by atomic mass is 16.5. The second-order valence-corrected chi connectivity index (χ2v) is 11.4. The van der Waals surface area contributed by atoms with Crippen molar-refractivity contribution in [2.75, 3.05) is 13.2 Å². The Hall–Kier alpha value is -1.72. The minimum Gasteiger partial charge on any atom is -0.465 e. The Morgan fingerprint density at radius 1 is 0.848 bits per heavy atom. The number of ether oxygens (including phenoxy) is 2. The van der Waals surface area contributed by atoms with Crippen molar-refractivity contribution in [1.82, 2.24) is 0 Å². The van der Waals surface area contributed by atoms with E-state index in [2.05, 4.69) is 13.8 Å². The molecule has 4 saturated carbocycles. The monoisotopic (exact) mass is 460 g/mol. The van der Waals surface area contributed by atoms with Crippen LogP contribution in [0.2, 0.25) is 0 Å². The Balaban J connectivity index is 1.56. The fraction of sp³-hybridized carbons (Fsp3) is 0.852. The van der Waals surface area contributed by atoms with Gasteiger partial charge in [-0.3, -0.25) is 19.2 Å². The van der Waals surface area contributed by atoms with Crippen LogP contribution in [0.5, 0.6) is 0 Å². The Kier molecular flexibility index (Phi) is 6.76. The summed E-state index contributed by atoms with van der Waals surface area (Å²) >= 11 is 0. The smallest absolute Gasteiger partial charge is 0.316 e. The minimum absolute atomic E-state index is 0.00217. The van der Waals surface area contributed by atoms with Crippen LogP contribution < -0.4 is 0 Å². The number of hydrogen-bond acceptors (Lipinski definition) is 6. The van der Waals surface area contributed by atoms with Gasteiger partial charge in [-0.25, -0.2) is 0 Å². The van der Waals surface area contributed by atoms with Gasteiger partial charge in [0.05, 0.1) is 13.2 Å². The third kappa shape index (κ3) is 3.95. The molecule has 33 heavy (non-hydrogen) atoms. The predicted molar refractivity (Wildman–Crippen MR) is 122 cm³/mol. The maximum atomic E-state index is 13.5. The summed E-state index contributed by atoms with van der Waals surface area (Å²) in [5.41, 5.74) is -0.462. The maximum Gasteiger partial charge on any atom is 0.316 e. The van der Waals surface area contributed by atoms with E-state index < -0.39 is 17.3 Å². The summed E-state index contributed by atoms with van der Waals surface area (Å²) in [6.07, 6.45) is 7.10. The first-order chi connectivity index (χ1) is 15.7. The zero-order valence-corrected chi connectivity index (χ0v) is 20.7. The molecule has 4 aliphatic carbocycles. The lowest BCUT2D eigenvalue weighted by Gasteiger charge is -2.60. The van der Waals surface area contributed by atoms with E-state index in [1.165, 1.54) is 0 Å². The topological polar surface area (TPSA) is 86.7 Å². The van der Waals surface area contributed by atoms with Crippen molar-refractivity contribution in [3.8, 4) is 0 Å². The molecule has 0 aromatic rings. The van der Waals surface area contributed by atoms with Crippen molar-refractivity contribution < 1.29 is 28.7 Å². The fourth-order valence-electron chi connectivity index (χ4n) is 8.27. The minimum atomic E-state index is -0.622. The van der Waals surface area contributed by atoms with E-state index in [1.54, 1.807) is 13.8 Å². The molecule has 0 radical (unpaired) electrons. The Bertz CT molecular complexity index is 819. The Morgan fingerprint density at radius 2 is 1.52 bits per heavy atom. The van der Waals surface area contributed by atoms with Crippen molar-refractivity contribution >= 4 is 23.5 Å². The first-order valence-corrected chi connectivity index (χ1v) is 13.1. The van der Waals surface area contributed by atoms with Gasteiger partial charge in [-0.1, -0.05) is 13.8 Å². The van der Waals surface area contributed by atoms with Gasteiger partial charge in [0.1, 0.15) is 17.6 Å². The SMILES string of the molecule is CCOC(=O)C1CC2CC[C@@H]3C(CC[C@]4(C)C(=O)C(C(=O)OCC)CCC34)[C@@]2(C)CCC1=O. The van der Waals surface area contributed by atoms with E-state index in [0.29, 0.717) is 50.2 Å². The molecule has 5 unspecified atom stereocenters. The van der Waals surface area contributed by atoms with Crippen LogP contribution in [0.25, 0.3) is 0 Å². The van der Waals surface area contributed by atoms with Crippen molar-refractivity contribution in [2.45, 2.75) is 85.5 Å². The van der Waals surface area contributed by atoms with Crippen molar-refractivity contribution in [1.29, 1.82) is 0 Å². The molecule has 0 heterocycles. The molecule has 4 rings (SSSR count). The molecule has 0 aliphatic heterocycles. The largest absolute Gasteiger partial charge is 0.465 e. The number of fused-ring (bicyclic) bond motifs is 5. The molecule has 0 spiro atoms. The molecule has 0 N–H and O–H groups in total. The second-order valence-electron chi connectivity index (χ2n) is 11.4. The number of ketones is 2. The summed E-state index contributed by atoms with van der Waals surface area (Å²) in [5.74, 6) is -0.323. The molecule has 6 nitrogen and oxygen atoms in total. The van der Waals surface area contributed by atoms with Crippen LogP contribution in [0.15, 0.2) is 0 Å². The van der Waals surface area contributed by atoms with Gasteiger partial charge in [-0.15, -0.1) is 0 Å². The predicted octanol–water partition coefficient (Wildman–Crippen LogP) is 4.53. The zero-order chi connectivity index (χ0) is 24.0. The molecular formula is C27H40O6. The maximum absolute atomic E-state index is 13.5. The summed E-state index contributed by atoms with van der Waals surface area (Å²) in [6.45, 7) is 8.60. The molecule has 4 aliphatic rings. The molecule has 6 heteroatoms. The van der Waals surface area contributed by atoms with Crippen LogP contribution in [-0.2, 0) is 28.7 Å². The average Bonchev–Trinajstić information content (AvgIpc) is 2.91. The van der Waals surface area contributed by atoms with Crippen molar-refractivity contribution in [3.63, 3.8) is 0 Å². The lowest BCUT2D eigenvalue weighted by molar-refractivity contribution is -0.169. The van der Waals surface area contributed by atoms with Gasteiger partial charge >= 0.3 is 11.9 Å². The van der Waals surface area contributed by atoms with Gasteiger partial charge in [-0.05, 0) is 94.3 Å². The summed E-state index contributed by atoms with van der Waals surface area (Å²) in [6, 6.07) is 0. The van der Waals surface area contributed by atoms with Crippen LogP contribution in [0.3, 0.4) is 0 Å². The van der Waals surface area contributed by atoms with Crippen LogP contribution >= 0.6 is 0 Å². The molecule has 8 atom stereocenters. The van der Waals surface area contributed by atoms with E-state index in [-0.39, 0.29) is 34.8 Å². The molecule has 0 aromatic carbocycles. The molecule has 0 saturated heterocycles. The molecule has 0 amide bonds. The summed E-state index contributed by atoms with van der Waals surface area (Å²) in [5, 5.41) is 0. The molecule has 0 bridgehead atoms. The van der Waals surface area contributed by atoms with E-state index in [4.69, 9.17) is 9.47 Å². The summed E-state index contributed by atoms with van der Waals surface area (Å²) < 4.78 is 10.4. The zero-order valence-electron chi connectivity index (χ0n) is 20.7. The van der Waals surface area contributed by atoms with Crippen molar-refractivity contribution in [2.24, 2.45) is 46.3 Å². The second kappa shape index (κ2) is 9.14. The van der Waals surface area contributed by atoms with Crippen molar-refractivity contribution in [3.05, 3.63) is 0 Å². The molecule has 184 valence electrons. The van der Waals surface area contributed by atoms with Gasteiger partial charge in [0.25, 0.3) is 0 Å². The normalized spacial score (nSPS) is 42.9. The number of hydrogen-bond donors (Lipinski definition) is 0. The van der Waals surface area contributed by atoms with Gasteiger partial charge in [0.2, 0.25) is 0 Å². The van der Waals surface area contributed by atoms with Gasteiger partial charge in [0, 0.05) is 11.8 Å². The first-order valence-electron chi connectivity index (χ1n) is 13.1. The Labute approximate surface area is 197 Å². The highest BCUT2D eigenvalue weighted by molar-refractivity contribution is 6.02.